The van der Waals surface area contributed by atoms with Crippen LogP contribution >= 0.6 is 0 Å². The molecular weight excluding hydrogens is 247 g/mol. The second-order valence-electron chi connectivity index (χ2n) is 5.57. The highest BCUT2D eigenvalue weighted by atomic mass is 28.3. The van der Waals surface area contributed by atoms with Crippen molar-refractivity contribution in [3.8, 4) is 0 Å². The molecule has 0 heterocycles. The van der Waals surface area contributed by atoms with Crippen molar-refractivity contribution in [3.63, 3.8) is 0 Å². The van der Waals surface area contributed by atoms with Gasteiger partial charge in [-0.25, -0.2) is 0 Å². The zero-order chi connectivity index (χ0) is 13.0. The Bertz CT molecular complexity index is 275. The van der Waals surface area contributed by atoms with Crippen molar-refractivity contribution in [1.82, 2.24) is 0 Å². The van der Waals surface area contributed by atoms with E-state index in [0.29, 0.717) is 0 Å². The van der Waals surface area contributed by atoms with Gasteiger partial charge in [0, 0.05) is 8.07 Å². The molecule has 0 saturated heterocycles. The first kappa shape index (κ1) is 13.9. The Hall–Kier alpha value is -0.173. The Balaban J connectivity index is 2.79. The highest BCUT2D eigenvalue weighted by Crippen LogP contribution is 2.58. The zero-order valence-corrected chi connectivity index (χ0v) is 10.3. The molecule has 16 heavy (non-hydrogen) atoms. The summed E-state index contributed by atoms with van der Waals surface area (Å²) in [4.78, 5) is 0. The van der Waals surface area contributed by atoms with Gasteiger partial charge in [-0.1, -0.05) is 19.6 Å². The van der Waals surface area contributed by atoms with Crippen LogP contribution in [0.1, 0.15) is 12.8 Å². The second-order valence-corrected chi connectivity index (χ2v) is 11.1. The van der Waals surface area contributed by atoms with Gasteiger partial charge in [0.15, 0.2) is 0 Å². The Kier molecular flexibility index (Phi) is 2.96. The van der Waals surface area contributed by atoms with Crippen LogP contribution in [0.3, 0.4) is 0 Å². The third kappa shape index (κ3) is 1.99. The highest BCUT2D eigenvalue weighted by Gasteiger charge is 2.73. The van der Waals surface area contributed by atoms with Crippen LogP contribution in [0.15, 0.2) is 0 Å². The average molecular weight is 262 g/mol. The van der Waals surface area contributed by atoms with Crippen LogP contribution in [0.5, 0.6) is 0 Å². The van der Waals surface area contributed by atoms with E-state index in [9.17, 15) is 27.1 Å². The van der Waals surface area contributed by atoms with Crippen LogP contribution in [0, 0.1) is 0 Å². The summed E-state index contributed by atoms with van der Waals surface area (Å²) in [5.41, 5.74) is -3.07. The van der Waals surface area contributed by atoms with E-state index in [4.69, 9.17) is 0 Å². The van der Waals surface area contributed by atoms with Gasteiger partial charge in [0.05, 0.1) is 0 Å². The van der Waals surface area contributed by atoms with E-state index in [-0.39, 0.29) is 5.54 Å². The molecule has 0 aliphatic heterocycles. The van der Waals surface area contributed by atoms with Crippen LogP contribution in [0.4, 0.5) is 22.0 Å². The second kappa shape index (κ2) is 3.41. The standard InChI is InChI=1S/C9H15F5OSi/c1-16(2,3)6-4-7(15,5-6)8(10,11)9(12,13)14/h6,15H,4-5H2,1-3H3. The van der Waals surface area contributed by atoms with Crippen molar-refractivity contribution in [2.24, 2.45) is 0 Å². The molecule has 1 fully saturated rings. The molecule has 0 aromatic rings. The van der Waals surface area contributed by atoms with Crippen LogP contribution in [-0.4, -0.2) is 30.9 Å². The quantitative estimate of drug-likeness (QED) is 0.597. The fourth-order valence-electron chi connectivity index (χ4n) is 1.89. The summed E-state index contributed by atoms with van der Waals surface area (Å²) >= 11 is 0. The first-order chi connectivity index (χ1) is 6.81. The van der Waals surface area contributed by atoms with Gasteiger partial charge in [-0.3, -0.25) is 0 Å². The van der Waals surface area contributed by atoms with Crippen molar-refractivity contribution in [2.45, 2.75) is 55.7 Å². The summed E-state index contributed by atoms with van der Waals surface area (Å²) in [6, 6.07) is 0. The summed E-state index contributed by atoms with van der Waals surface area (Å²) in [5.74, 6) is -5.00. The minimum absolute atomic E-state index is 0.175. The molecule has 0 bridgehead atoms. The van der Waals surface area contributed by atoms with Gasteiger partial charge in [-0.15, -0.1) is 0 Å². The maximum atomic E-state index is 13.0. The SMILES string of the molecule is C[Si](C)(C)C1CC(O)(C(F)(F)C(F)(F)F)C1. The minimum atomic E-state index is -5.67. The zero-order valence-electron chi connectivity index (χ0n) is 9.33. The monoisotopic (exact) mass is 262 g/mol. The van der Waals surface area contributed by atoms with E-state index in [2.05, 4.69) is 0 Å². The Labute approximate surface area is 91.7 Å². The number of alkyl halides is 5. The summed E-state index contributed by atoms with van der Waals surface area (Å²) in [6.07, 6.45) is -6.57. The number of aliphatic hydroxyl groups is 1. The Morgan fingerprint density at radius 2 is 1.44 bits per heavy atom. The lowest BCUT2D eigenvalue weighted by Gasteiger charge is -2.52. The molecule has 1 aliphatic rings. The van der Waals surface area contributed by atoms with Crippen LogP contribution < -0.4 is 0 Å². The van der Waals surface area contributed by atoms with Gasteiger partial charge >= 0.3 is 12.1 Å². The lowest BCUT2D eigenvalue weighted by molar-refractivity contribution is -0.355. The first-order valence-corrected chi connectivity index (χ1v) is 8.56. The lowest BCUT2D eigenvalue weighted by Crippen LogP contribution is -2.64. The molecular formula is C9H15F5OSi. The van der Waals surface area contributed by atoms with Gasteiger partial charge in [-0.05, 0) is 18.4 Å². The molecule has 0 aromatic heterocycles. The van der Waals surface area contributed by atoms with Crippen molar-refractivity contribution in [1.29, 1.82) is 0 Å². The Morgan fingerprint density at radius 3 is 1.69 bits per heavy atom. The molecule has 0 spiro atoms. The highest BCUT2D eigenvalue weighted by molar-refractivity contribution is 6.77. The van der Waals surface area contributed by atoms with Gasteiger partial charge in [-0.2, -0.15) is 22.0 Å². The summed E-state index contributed by atoms with van der Waals surface area (Å²) in [5, 5.41) is 9.36. The van der Waals surface area contributed by atoms with Gasteiger partial charge in [0.1, 0.15) is 5.60 Å². The van der Waals surface area contributed by atoms with Gasteiger partial charge < -0.3 is 5.11 Å². The van der Waals surface area contributed by atoms with E-state index in [1.807, 2.05) is 19.6 Å². The summed E-state index contributed by atoms with van der Waals surface area (Å²) in [7, 11) is -1.76. The maximum Gasteiger partial charge on any atom is 0.456 e. The van der Waals surface area contributed by atoms with Gasteiger partial charge in [0.2, 0.25) is 0 Å². The van der Waals surface area contributed by atoms with Crippen LogP contribution in [0.2, 0.25) is 25.2 Å². The molecule has 1 aliphatic carbocycles. The summed E-state index contributed by atoms with van der Waals surface area (Å²) < 4.78 is 62.1. The number of hydrogen-bond acceptors (Lipinski definition) is 1. The molecule has 96 valence electrons. The third-order valence-electron chi connectivity index (χ3n) is 3.33. The molecule has 1 nitrogen and oxygen atoms in total. The summed E-state index contributed by atoms with van der Waals surface area (Å²) in [6.45, 7) is 5.68. The van der Waals surface area contributed by atoms with Crippen molar-refractivity contribution >= 4 is 8.07 Å². The van der Waals surface area contributed by atoms with E-state index < -0.39 is 38.6 Å². The van der Waals surface area contributed by atoms with E-state index >= 15 is 0 Å². The molecule has 1 N–H and O–H groups in total. The van der Waals surface area contributed by atoms with Crippen molar-refractivity contribution in [3.05, 3.63) is 0 Å². The van der Waals surface area contributed by atoms with Gasteiger partial charge in [0.25, 0.3) is 0 Å². The molecule has 0 radical (unpaired) electrons. The third-order valence-corrected chi connectivity index (χ3v) is 6.19. The Morgan fingerprint density at radius 1 is 1.06 bits per heavy atom. The topological polar surface area (TPSA) is 20.2 Å². The van der Waals surface area contributed by atoms with Crippen LogP contribution in [-0.2, 0) is 0 Å². The van der Waals surface area contributed by atoms with Crippen molar-refractivity contribution < 1.29 is 27.1 Å². The lowest BCUT2D eigenvalue weighted by atomic mass is 9.74. The predicted molar refractivity (Wildman–Crippen MR) is 52.3 cm³/mol. The van der Waals surface area contributed by atoms with E-state index in [0.717, 1.165) is 0 Å². The molecule has 0 atom stereocenters. The molecule has 1 saturated carbocycles. The van der Waals surface area contributed by atoms with Crippen molar-refractivity contribution in [2.75, 3.05) is 0 Å². The largest absolute Gasteiger partial charge is 0.456 e. The fraction of sp³-hybridized carbons (Fsp3) is 1.00. The predicted octanol–water partition coefficient (Wildman–Crippen LogP) is 3.42. The first-order valence-electron chi connectivity index (χ1n) is 4.98. The number of rotatable bonds is 2. The molecule has 0 amide bonds. The minimum Gasteiger partial charge on any atom is -0.383 e. The van der Waals surface area contributed by atoms with E-state index in [1.165, 1.54) is 0 Å². The molecule has 7 heteroatoms. The maximum absolute atomic E-state index is 13.0. The van der Waals surface area contributed by atoms with E-state index in [1.54, 1.807) is 0 Å². The fourth-order valence-corrected chi connectivity index (χ4v) is 3.79. The number of halogens is 5. The van der Waals surface area contributed by atoms with Crippen LogP contribution in [0.25, 0.3) is 0 Å². The molecule has 0 aromatic carbocycles. The average Bonchev–Trinajstić information content (AvgIpc) is 1.93. The smallest absolute Gasteiger partial charge is 0.383 e. The number of hydrogen-bond donors (Lipinski definition) is 1. The molecule has 1 rings (SSSR count). The normalized spacial score (nSPS) is 32.4. The molecule has 0 unspecified atom stereocenters.